The molecular weight excluding hydrogens is 250 g/mol. The van der Waals surface area contributed by atoms with Crippen molar-refractivity contribution in [3.05, 3.63) is 0 Å². The summed E-state index contributed by atoms with van der Waals surface area (Å²) in [5.41, 5.74) is 0. The van der Waals surface area contributed by atoms with Crippen LogP contribution in [-0.2, 0) is 23.8 Å². The van der Waals surface area contributed by atoms with E-state index in [0.29, 0.717) is 13.3 Å². The topological polar surface area (TPSA) is 61.8 Å². The largest absolute Gasteiger partial charge is 0.459 e. The average molecular weight is 262 g/mol. The Bertz CT molecular complexity index is 405. The first-order valence-electron chi connectivity index (χ1n) is 5.77. The molecule has 3 saturated heterocycles. The predicted molar refractivity (Wildman–Crippen MR) is 51.7 cm³/mol. The van der Waals surface area contributed by atoms with Gasteiger partial charge in [-0.15, -0.1) is 0 Å². The Morgan fingerprint density at radius 1 is 1.50 bits per heavy atom. The van der Waals surface area contributed by atoms with E-state index in [4.69, 9.17) is 9.47 Å². The van der Waals surface area contributed by atoms with Crippen molar-refractivity contribution in [2.24, 2.45) is 11.8 Å². The fourth-order valence-corrected chi connectivity index (χ4v) is 2.86. The van der Waals surface area contributed by atoms with Gasteiger partial charge in [0.15, 0.2) is 6.61 Å². The first kappa shape index (κ1) is 11.8. The molecule has 18 heavy (non-hydrogen) atoms. The highest BCUT2D eigenvalue weighted by atomic mass is 19.3. The number of halogens is 2. The maximum Gasteiger partial charge on any atom is 0.315 e. The molecule has 0 radical (unpaired) electrons. The SMILES string of the molecule is CC(F)(F)COC(=O)C1C2CC3C(=O)OC1C3O2. The Labute approximate surface area is 101 Å². The number of fused-ring (bicyclic) bond motifs is 1. The highest BCUT2D eigenvalue weighted by Gasteiger charge is 2.66. The van der Waals surface area contributed by atoms with Crippen molar-refractivity contribution in [1.29, 1.82) is 0 Å². The molecular formula is C11H12F2O5. The van der Waals surface area contributed by atoms with Crippen LogP contribution in [0, 0.1) is 11.8 Å². The first-order chi connectivity index (χ1) is 8.37. The van der Waals surface area contributed by atoms with Crippen LogP contribution in [0.15, 0.2) is 0 Å². The van der Waals surface area contributed by atoms with Crippen LogP contribution >= 0.6 is 0 Å². The van der Waals surface area contributed by atoms with Crippen molar-refractivity contribution >= 4 is 11.9 Å². The van der Waals surface area contributed by atoms with Crippen LogP contribution in [0.2, 0.25) is 0 Å². The van der Waals surface area contributed by atoms with Crippen molar-refractivity contribution in [3.8, 4) is 0 Å². The quantitative estimate of drug-likeness (QED) is 0.694. The van der Waals surface area contributed by atoms with Gasteiger partial charge in [-0.25, -0.2) is 8.78 Å². The lowest BCUT2D eigenvalue weighted by atomic mass is 9.82. The minimum Gasteiger partial charge on any atom is -0.459 e. The summed E-state index contributed by atoms with van der Waals surface area (Å²) in [5, 5.41) is 0. The highest BCUT2D eigenvalue weighted by molar-refractivity contribution is 5.82. The van der Waals surface area contributed by atoms with Gasteiger partial charge in [0.25, 0.3) is 5.92 Å². The second-order valence-electron chi connectivity index (χ2n) is 5.09. The normalized spacial score (nSPS) is 41.1. The Kier molecular flexibility index (Phi) is 2.38. The van der Waals surface area contributed by atoms with Gasteiger partial charge in [0, 0.05) is 6.92 Å². The van der Waals surface area contributed by atoms with Crippen molar-refractivity contribution in [3.63, 3.8) is 0 Å². The molecule has 3 fully saturated rings. The number of carbonyl (C=O) groups is 2. The van der Waals surface area contributed by atoms with Crippen molar-refractivity contribution in [1.82, 2.24) is 0 Å². The lowest BCUT2D eigenvalue weighted by Gasteiger charge is -2.21. The second kappa shape index (κ2) is 3.63. The molecule has 5 atom stereocenters. The molecule has 0 spiro atoms. The Morgan fingerprint density at radius 2 is 2.22 bits per heavy atom. The third-order valence-electron chi connectivity index (χ3n) is 3.59. The summed E-state index contributed by atoms with van der Waals surface area (Å²) in [5.74, 6) is -5.29. The van der Waals surface area contributed by atoms with Gasteiger partial charge >= 0.3 is 11.9 Å². The Balaban J connectivity index is 1.68. The van der Waals surface area contributed by atoms with Gasteiger partial charge in [0.05, 0.1) is 12.0 Å². The average Bonchev–Trinajstić information content (AvgIpc) is 2.85. The van der Waals surface area contributed by atoms with E-state index in [1.165, 1.54) is 0 Å². The highest BCUT2D eigenvalue weighted by Crippen LogP contribution is 2.49. The number of ether oxygens (including phenoxy) is 3. The van der Waals surface area contributed by atoms with E-state index in [9.17, 15) is 18.4 Å². The molecule has 3 heterocycles. The molecule has 7 heteroatoms. The zero-order valence-corrected chi connectivity index (χ0v) is 9.60. The van der Waals surface area contributed by atoms with E-state index in [1.54, 1.807) is 0 Å². The monoisotopic (exact) mass is 262 g/mol. The number of hydrogen-bond donors (Lipinski definition) is 0. The molecule has 0 aromatic heterocycles. The lowest BCUT2D eigenvalue weighted by molar-refractivity contribution is -0.164. The van der Waals surface area contributed by atoms with Gasteiger partial charge in [0.2, 0.25) is 0 Å². The molecule has 0 N–H and O–H groups in total. The van der Waals surface area contributed by atoms with E-state index in [-0.39, 0.29) is 11.9 Å². The van der Waals surface area contributed by atoms with Gasteiger partial charge in [-0.1, -0.05) is 0 Å². The minimum absolute atomic E-state index is 0.309. The Morgan fingerprint density at radius 3 is 2.89 bits per heavy atom. The van der Waals surface area contributed by atoms with E-state index >= 15 is 0 Å². The van der Waals surface area contributed by atoms with Crippen LogP contribution in [0.4, 0.5) is 8.78 Å². The number of alkyl halides is 2. The summed E-state index contributed by atoms with van der Waals surface area (Å²) in [4.78, 5) is 23.2. The maximum atomic E-state index is 12.6. The van der Waals surface area contributed by atoms with E-state index < -0.39 is 42.7 Å². The van der Waals surface area contributed by atoms with Gasteiger partial charge in [0.1, 0.15) is 18.1 Å². The van der Waals surface area contributed by atoms with E-state index in [0.717, 1.165) is 0 Å². The molecule has 0 saturated carbocycles. The molecule has 2 bridgehead atoms. The number of hydrogen-bond acceptors (Lipinski definition) is 5. The van der Waals surface area contributed by atoms with Crippen LogP contribution in [-0.4, -0.2) is 42.8 Å². The molecule has 5 unspecified atom stereocenters. The summed E-state index contributed by atoms with van der Waals surface area (Å²) in [6.07, 6.45) is -1.13. The van der Waals surface area contributed by atoms with Crippen LogP contribution < -0.4 is 0 Å². The third-order valence-corrected chi connectivity index (χ3v) is 3.59. The predicted octanol–water partition coefficient (Wildman–Crippen LogP) is 0.514. The van der Waals surface area contributed by atoms with E-state index in [2.05, 4.69) is 4.74 Å². The summed E-state index contributed by atoms with van der Waals surface area (Å²) < 4.78 is 40.3. The molecule has 0 aromatic carbocycles. The standard InChI is InChI=1S/C11H12F2O5/c1-11(12,13)3-16-10(15)6-5-2-4-7(17-5)8(6)18-9(4)14/h4-8H,2-3H2,1H3. The fourth-order valence-electron chi connectivity index (χ4n) is 2.86. The summed E-state index contributed by atoms with van der Waals surface area (Å²) >= 11 is 0. The molecule has 0 aliphatic carbocycles. The molecule has 0 aromatic rings. The van der Waals surface area contributed by atoms with Crippen LogP contribution in [0.5, 0.6) is 0 Å². The van der Waals surface area contributed by atoms with Crippen LogP contribution in [0.25, 0.3) is 0 Å². The molecule has 3 rings (SSSR count). The van der Waals surface area contributed by atoms with E-state index in [1.807, 2.05) is 0 Å². The zero-order valence-electron chi connectivity index (χ0n) is 9.60. The molecule has 3 aliphatic heterocycles. The van der Waals surface area contributed by atoms with Crippen molar-refractivity contribution in [2.75, 3.05) is 6.61 Å². The summed E-state index contributed by atoms with van der Waals surface area (Å²) in [7, 11) is 0. The first-order valence-corrected chi connectivity index (χ1v) is 5.77. The molecule has 3 aliphatic rings. The lowest BCUT2D eigenvalue weighted by Crippen LogP contribution is -2.39. The summed E-state index contributed by atoms with van der Waals surface area (Å²) in [6, 6.07) is 0. The fraction of sp³-hybridized carbons (Fsp3) is 0.818. The van der Waals surface area contributed by atoms with Crippen molar-refractivity contribution < 1.29 is 32.6 Å². The molecule has 5 nitrogen and oxygen atoms in total. The Hall–Kier alpha value is -1.24. The molecule has 100 valence electrons. The summed E-state index contributed by atoms with van der Waals surface area (Å²) in [6.45, 7) is -0.299. The minimum atomic E-state index is -3.07. The molecule has 0 amide bonds. The van der Waals surface area contributed by atoms with Crippen molar-refractivity contribution in [2.45, 2.75) is 37.6 Å². The number of carbonyl (C=O) groups excluding carboxylic acids is 2. The smallest absolute Gasteiger partial charge is 0.315 e. The number of esters is 2. The van der Waals surface area contributed by atoms with Gasteiger partial charge in [-0.2, -0.15) is 0 Å². The number of rotatable bonds is 3. The third kappa shape index (κ3) is 1.68. The van der Waals surface area contributed by atoms with Crippen LogP contribution in [0.3, 0.4) is 0 Å². The van der Waals surface area contributed by atoms with Crippen LogP contribution in [0.1, 0.15) is 13.3 Å². The van der Waals surface area contributed by atoms with Gasteiger partial charge < -0.3 is 14.2 Å². The maximum absolute atomic E-state index is 12.6. The van der Waals surface area contributed by atoms with Gasteiger partial charge in [-0.3, -0.25) is 9.59 Å². The second-order valence-corrected chi connectivity index (χ2v) is 5.09. The zero-order chi connectivity index (χ0) is 13.1. The van der Waals surface area contributed by atoms with Gasteiger partial charge in [-0.05, 0) is 6.42 Å².